The maximum atomic E-state index is 6.30. The molecule has 19 heavy (non-hydrogen) atoms. The Labute approximate surface area is 117 Å². The highest BCUT2D eigenvalue weighted by molar-refractivity contribution is 5.17. The molecule has 1 aliphatic heterocycles. The highest BCUT2D eigenvalue weighted by Gasteiger charge is 2.41. The Morgan fingerprint density at radius 2 is 2.00 bits per heavy atom. The van der Waals surface area contributed by atoms with Crippen LogP contribution >= 0.6 is 0 Å². The molecule has 1 atom stereocenters. The largest absolute Gasteiger partial charge is 0.501 e. The Morgan fingerprint density at radius 3 is 2.53 bits per heavy atom. The summed E-state index contributed by atoms with van der Waals surface area (Å²) < 4.78 is 11.9. The van der Waals surface area contributed by atoms with E-state index in [0.717, 1.165) is 26.1 Å². The maximum absolute atomic E-state index is 6.30. The van der Waals surface area contributed by atoms with Gasteiger partial charge in [0.25, 0.3) is 0 Å². The van der Waals surface area contributed by atoms with Crippen molar-refractivity contribution >= 4 is 0 Å². The fourth-order valence-corrected chi connectivity index (χ4v) is 3.71. The molecule has 1 N–H and O–H groups in total. The first-order valence-corrected chi connectivity index (χ1v) is 7.94. The Balaban J connectivity index is 2.20. The lowest BCUT2D eigenvalue weighted by molar-refractivity contribution is -0.0690. The van der Waals surface area contributed by atoms with Crippen molar-refractivity contribution in [2.45, 2.75) is 69.9 Å². The van der Waals surface area contributed by atoms with E-state index >= 15 is 0 Å². The molecule has 0 saturated heterocycles. The lowest BCUT2D eigenvalue weighted by Crippen LogP contribution is -2.52. The Hall–Kier alpha value is -0.540. The second-order valence-electron chi connectivity index (χ2n) is 5.80. The summed E-state index contributed by atoms with van der Waals surface area (Å²) in [5.41, 5.74) is 1.37. The monoisotopic (exact) mass is 267 g/mol. The molecule has 0 aromatic rings. The molecule has 0 spiro atoms. The van der Waals surface area contributed by atoms with Gasteiger partial charge in [0.15, 0.2) is 0 Å². The van der Waals surface area contributed by atoms with E-state index in [1.165, 1.54) is 44.1 Å². The quantitative estimate of drug-likeness (QED) is 0.774. The Kier molecular flexibility index (Phi) is 5.71. The van der Waals surface area contributed by atoms with Gasteiger partial charge in [0.1, 0.15) is 0 Å². The predicted molar refractivity (Wildman–Crippen MR) is 78.2 cm³/mol. The molecule has 1 heterocycles. The molecule has 2 aliphatic rings. The van der Waals surface area contributed by atoms with E-state index in [9.17, 15) is 0 Å². The van der Waals surface area contributed by atoms with E-state index in [4.69, 9.17) is 9.47 Å². The third-order valence-electron chi connectivity index (χ3n) is 4.53. The average Bonchev–Trinajstić information content (AvgIpc) is 2.68. The van der Waals surface area contributed by atoms with Crippen molar-refractivity contribution in [2.24, 2.45) is 0 Å². The van der Waals surface area contributed by atoms with Gasteiger partial charge in [-0.05, 0) is 45.2 Å². The van der Waals surface area contributed by atoms with E-state index in [-0.39, 0.29) is 5.60 Å². The first kappa shape index (κ1) is 14.9. The minimum Gasteiger partial charge on any atom is -0.501 e. The van der Waals surface area contributed by atoms with Gasteiger partial charge in [-0.2, -0.15) is 0 Å². The number of hydrogen-bond acceptors (Lipinski definition) is 3. The standard InChI is InChI=1S/C16H29NO2/c1-3-19-16(10-6-4-5-7-11-16)15(17-2)14-9-8-12-18-13-14/h13,15,17H,3-12H2,1-2H3. The van der Waals surface area contributed by atoms with Crippen LogP contribution in [-0.4, -0.2) is 31.9 Å². The lowest BCUT2D eigenvalue weighted by atomic mass is 9.80. The molecule has 0 amide bonds. The molecule has 1 saturated carbocycles. The van der Waals surface area contributed by atoms with Crippen molar-refractivity contribution in [3.8, 4) is 0 Å². The fraction of sp³-hybridized carbons (Fsp3) is 0.875. The van der Waals surface area contributed by atoms with Crippen LogP contribution in [0, 0.1) is 0 Å². The summed E-state index contributed by atoms with van der Waals surface area (Å²) in [7, 11) is 2.06. The van der Waals surface area contributed by atoms with E-state index in [0.29, 0.717) is 6.04 Å². The third-order valence-corrected chi connectivity index (χ3v) is 4.53. The molecule has 110 valence electrons. The second-order valence-corrected chi connectivity index (χ2v) is 5.80. The summed E-state index contributed by atoms with van der Waals surface area (Å²) in [5, 5.41) is 3.52. The van der Waals surface area contributed by atoms with Crippen LogP contribution < -0.4 is 5.32 Å². The molecule has 0 aromatic carbocycles. The third kappa shape index (κ3) is 3.51. The van der Waals surface area contributed by atoms with E-state index in [1.54, 1.807) is 0 Å². The van der Waals surface area contributed by atoms with Crippen LogP contribution in [-0.2, 0) is 9.47 Å². The molecule has 3 nitrogen and oxygen atoms in total. The summed E-state index contributed by atoms with van der Waals surface area (Å²) in [5.74, 6) is 0. The molecule has 0 aromatic heterocycles. The number of hydrogen-bond donors (Lipinski definition) is 1. The van der Waals surface area contributed by atoms with Gasteiger partial charge in [-0.25, -0.2) is 0 Å². The number of likely N-dealkylation sites (N-methyl/N-ethyl adjacent to an activating group) is 1. The van der Waals surface area contributed by atoms with Gasteiger partial charge in [0.2, 0.25) is 0 Å². The summed E-state index contributed by atoms with van der Waals surface area (Å²) >= 11 is 0. The van der Waals surface area contributed by atoms with Crippen LogP contribution in [0.15, 0.2) is 11.8 Å². The minimum absolute atomic E-state index is 0.0213. The number of nitrogens with one attached hydrogen (secondary N) is 1. The first-order valence-electron chi connectivity index (χ1n) is 7.94. The molecule has 2 rings (SSSR count). The van der Waals surface area contributed by atoms with E-state index < -0.39 is 0 Å². The lowest BCUT2D eigenvalue weighted by Gasteiger charge is -2.42. The zero-order valence-electron chi connectivity index (χ0n) is 12.5. The van der Waals surface area contributed by atoms with Crippen molar-refractivity contribution in [3.63, 3.8) is 0 Å². The fourth-order valence-electron chi connectivity index (χ4n) is 3.71. The summed E-state index contributed by atoms with van der Waals surface area (Å²) in [6.07, 6.45) is 11.9. The zero-order chi connectivity index (χ0) is 13.6. The molecule has 1 unspecified atom stereocenters. The Bertz CT molecular complexity index is 293. The second kappa shape index (κ2) is 7.30. The average molecular weight is 267 g/mol. The summed E-state index contributed by atoms with van der Waals surface area (Å²) in [4.78, 5) is 0. The van der Waals surface area contributed by atoms with Crippen molar-refractivity contribution < 1.29 is 9.47 Å². The summed E-state index contributed by atoms with van der Waals surface area (Å²) in [6.45, 7) is 3.78. The predicted octanol–water partition coefficient (Wildman–Crippen LogP) is 3.40. The smallest absolute Gasteiger partial charge is 0.0876 e. The SMILES string of the molecule is CCOC1(C(NC)C2=COCCC2)CCCCCC1. The van der Waals surface area contributed by atoms with Gasteiger partial charge < -0.3 is 14.8 Å². The van der Waals surface area contributed by atoms with Crippen LogP contribution in [0.4, 0.5) is 0 Å². The first-order chi connectivity index (χ1) is 9.32. The van der Waals surface area contributed by atoms with Crippen molar-refractivity contribution in [3.05, 3.63) is 11.8 Å². The maximum Gasteiger partial charge on any atom is 0.0876 e. The molecule has 1 fully saturated rings. The van der Waals surface area contributed by atoms with Crippen LogP contribution in [0.5, 0.6) is 0 Å². The van der Waals surface area contributed by atoms with E-state index in [2.05, 4.69) is 19.3 Å². The number of ether oxygens (including phenoxy) is 2. The molecular formula is C16H29NO2. The Morgan fingerprint density at radius 1 is 1.26 bits per heavy atom. The van der Waals surface area contributed by atoms with Crippen LogP contribution in [0.1, 0.15) is 58.3 Å². The van der Waals surface area contributed by atoms with Gasteiger partial charge in [-0.15, -0.1) is 0 Å². The van der Waals surface area contributed by atoms with Crippen LogP contribution in [0.25, 0.3) is 0 Å². The van der Waals surface area contributed by atoms with Crippen LogP contribution in [0.2, 0.25) is 0 Å². The molecule has 0 radical (unpaired) electrons. The van der Waals surface area contributed by atoms with Crippen molar-refractivity contribution in [2.75, 3.05) is 20.3 Å². The zero-order valence-corrected chi connectivity index (χ0v) is 12.5. The van der Waals surface area contributed by atoms with Gasteiger partial charge >= 0.3 is 0 Å². The van der Waals surface area contributed by atoms with Crippen molar-refractivity contribution in [1.29, 1.82) is 0 Å². The van der Waals surface area contributed by atoms with Crippen molar-refractivity contribution in [1.82, 2.24) is 5.32 Å². The molecule has 3 heteroatoms. The number of rotatable bonds is 5. The minimum atomic E-state index is -0.0213. The molecule has 0 bridgehead atoms. The van der Waals surface area contributed by atoms with Gasteiger partial charge in [-0.3, -0.25) is 0 Å². The highest BCUT2D eigenvalue weighted by atomic mass is 16.5. The molecular weight excluding hydrogens is 238 g/mol. The van der Waals surface area contributed by atoms with E-state index in [1.807, 2.05) is 6.26 Å². The van der Waals surface area contributed by atoms with Gasteiger partial charge in [0, 0.05) is 6.61 Å². The van der Waals surface area contributed by atoms with Gasteiger partial charge in [0.05, 0.1) is 24.5 Å². The highest BCUT2D eigenvalue weighted by Crippen LogP contribution is 2.37. The van der Waals surface area contributed by atoms with Crippen LogP contribution in [0.3, 0.4) is 0 Å². The van der Waals surface area contributed by atoms with Gasteiger partial charge in [-0.1, -0.05) is 25.7 Å². The normalized spacial score (nSPS) is 25.1. The summed E-state index contributed by atoms with van der Waals surface area (Å²) in [6, 6.07) is 0.311. The molecule has 1 aliphatic carbocycles. The topological polar surface area (TPSA) is 30.5 Å².